The Labute approximate surface area is 110 Å². The van der Waals surface area contributed by atoms with Crippen molar-refractivity contribution in [2.75, 3.05) is 13.2 Å². The Hall–Kier alpha value is -2.43. The van der Waals surface area contributed by atoms with Gasteiger partial charge in [0.05, 0.1) is 11.1 Å². The van der Waals surface area contributed by atoms with E-state index in [1.54, 1.807) is 36.4 Å². The summed E-state index contributed by atoms with van der Waals surface area (Å²) < 4.78 is 4.71. The molecule has 98 valence electrons. The molecule has 0 unspecified atom stereocenters. The highest BCUT2D eigenvalue weighted by Crippen LogP contribution is 2.21. The van der Waals surface area contributed by atoms with Gasteiger partial charge in [-0.05, 0) is 18.2 Å². The number of fused-ring (bicyclic) bond motifs is 1. The molecule has 0 spiro atoms. The van der Waals surface area contributed by atoms with Crippen LogP contribution in [0, 0.1) is 0 Å². The van der Waals surface area contributed by atoms with Crippen LogP contribution in [0.25, 0.3) is 0 Å². The van der Waals surface area contributed by atoms with Crippen LogP contribution < -0.4 is 0 Å². The fourth-order valence-electron chi connectivity index (χ4n) is 1.82. The van der Waals surface area contributed by atoms with Gasteiger partial charge in [0.25, 0.3) is 11.8 Å². The highest BCUT2D eigenvalue weighted by atomic mass is 16.5. The van der Waals surface area contributed by atoms with Gasteiger partial charge in [-0.25, -0.2) is 0 Å². The van der Waals surface area contributed by atoms with Gasteiger partial charge in [-0.1, -0.05) is 18.2 Å². The highest BCUT2D eigenvalue weighted by Gasteiger charge is 2.33. The molecule has 1 aromatic rings. The van der Waals surface area contributed by atoms with Gasteiger partial charge < -0.3 is 4.74 Å². The van der Waals surface area contributed by atoms with Crippen LogP contribution in [0.1, 0.15) is 27.6 Å². The Bertz CT molecular complexity index is 527. The predicted molar refractivity (Wildman–Crippen MR) is 67.6 cm³/mol. The summed E-state index contributed by atoms with van der Waals surface area (Å²) in [4.78, 5) is 35.6. The number of nitrogens with zero attached hydrogens (tertiary/aromatic N) is 1. The van der Waals surface area contributed by atoms with E-state index in [1.807, 2.05) is 0 Å². The molecule has 1 aliphatic heterocycles. The van der Waals surface area contributed by atoms with Gasteiger partial charge in [-0.15, -0.1) is 0 Å². The average Bonchev–Trinajstić information content (AvgIpc) is 2.63. The molecule has 0 aromatic heterocycles. The van der Waals surface area contributed by atoms with Crippen LogP contribution in [0.5, 0.6) is 0 Å². The van der Waals surface area contributed by atoms with Crippen molar-refractivity contribution in [2.45, 2.75) is 6.92 Å². The van der Waals surface area contributed by atoms with Gasteiger partial charge in [0.1, 0.15) is 6.61 Å². The Morgan fingerprint density at radius 3 is 2.26 bits per heavy atom. The number of imide groups is 1. The first-order valence-electron chi connectivity index (χ1n) is 5.85. The summed E-state index contributed by atoms with van der Waals surface area (Å²) >= 11 is 0. The largest absolute Gasteiger partial charge is 0.462 e. The smallest absolute Gasteiger partial charge is 0.302 e. The molecule has 2 amide bonds. The molecular weight excluding hydrogens is 246 g/mol. The molecule has 2 rings (SSSR count). The minimum atomic E-state index is -0.370. The lowest BCUT2D eigenvalue weighted by Crippen LogP contribution is -2.29. The molecule has 1 aliphatic rings. The summed E-state index contributed by atoms with van der Waals surface area (Å²) in [6.45, 7) is 1.63. The summed E-state index contributed by atoms with van der Waals surface area (Å²) in [5, 5.41) is 0. The van der Waals surface area contributed by atoms with E-state index in [9.17, 15) is 14.4 Å². The van der Waals surface area contributed by atoms with Crippen LogP contribution in [-0.4, -0.2) is 35.8 Å². The van der Waals surface area contributed by atoms with Crippen molar-refractivity contribution in [2.24, 2.45) is 0 Å². The Morgan fingerprint density at radius 2 is 1.74 bits per heavy atom. The fourth-order valence-corrected chi connectivity index (χ4v) is 1.82. The molecule has 0 saturated carbocycles. The first-order chi connectivity index (χ1) is 9.11. The number of esters is 1. The number of rotatable bonds is 4. The monoisotopic (exact) mass is 259 g/mol. The number of hydrogen-bond acceptors (Lipinski definition) is 4. The maximum atomic E-state index is 12.0. The Morgan fingerprint density at radius 1 is 1.16 bits per heavy atom. The number of hydrogen-bond donors (Lipinski definition) is 0. The maximum Gasteiger partial charge on any atom is 0.302 e. The summed E-state index contributed by atoms with van der Waals surface area (Å²) in [5.74, 6) is -0.958. The van der Waals surface area contributed by atoms with E-state index in [0.717, 1.165) is 4.90 Å². The molecule has 5 nitrogen and oxygen atoms in total. The third-order valence-electron chi connectivity index (χ3n) is 2.72. The third kappa shape index (κ3) is 2.70. The van der Waals surface area contributed by atoms with Crippen LogP contribution in [0.2, 0.25) is 0 Å². The van der Waals surface area contributed by atoms with Gasteiger partial charge in [0.15, 0.2) is 0 Å². The van der Waals surface area contributed by atoms with Crippen LogP contribution in [-0.2, 0) is 9.53 Å². The van der Waals surface area contributed by atoms with Gasteiger partial charge >= 0.3 is 5.97 Å². The zero-order valence-electron chi connectivity index (χ0n) is 10.5. The van der Waals surface area contributed by atoms with E-state index >= 15 is 0 Å². The third-order valence-corrected chi connectivity index (χ3v) is 2.72. The molecular formula is C14H13NO4. The first-order valence-corrected chi connectivity index (χ1v) is 5.85. The topological polar surface area (TPSA) is 63.7 Å². The second-order valence-electron chi connectivity index (χ2n) is 4.04. The van der Waals surface area contributed by atoms with Gasteiger partial charge in [0, 0.05) is 13.5 Å². The van der Waals surface area contributed by atoms with Crippen LogP contribution in [0.4, 0.5) is 0 Å². The molecule has 0 bridgehead atoms. The van der Waals surface area contributed by atoms with E-state index < -0.39 is 0 Å². The molecule has 19 heavy (non-hydrogen) atoms. The number of carbonyl (C=O) groups excluding carboxylic acids is 3. The van der Waals surface area contributed by atoms with E-state index in [2.05, 4.69) is 0 Å². The normalized spacial score (nSPS) is 14.1. The number of amides is 2. The minimum absolute atomic E-state index is 0.137. The highest BCUT2D eigenvalue weighted by molar-refractivity contribution is 6.21. The van der Waals surface area contributed by atoms with Crippen molar-refractivity contribution in [3.05, 3.63) is 47.5 Å². The maximum absolute atomic E-state index is 12.0. The number of ether oxygens (including phenoxy) is 1. The van der Waals surface area contributed by atoms with Crippen molar-refractivity contribution in [1.82, 2.24) is 4.90 Å². The predicted octanol–water partition coefficient (Wildman–Crippen LogP) is 1.40. The molecule has 0 saturated heterocycles. The van der Waals surface area contributed by atoms with E-state index in [1.165, 1.54) is 6.92 Å². The van der Waals surface area contributed by atoms with Crippen LogP contribution in [0.15, 0.2) is 36.4 Å². The van der Waals surface area contributed by atoms with E-state index in [0.29, 0.717) is 11.1 Å². The summed E-state index contributed by atoms with van der Waals surface area (Å²) in [5.41, 5.74) is 0.863. The standard InChI is InChI=1S/C14H13NO4/c1-10(16)19-9-5-4-8-15-13(17)11-6-2-3-7-12(11)14(15)18/h2-7H,8-9H2,1H3/b5-4-. The van der Waals surface area contributed by atoms with Gasteiger partial charge in [-0.3, -0.25) is 19.3 Å². The molecule has 0 aliphatic carbocycles. The lowest BCUT2D eigenvalue weighted by Gasteiger charge is -2.10. The number of benzene rings is 1. The van der Waals surface area contributed by atoms with Crippen molar-refractivity contribution in [3.63, 3.8) is 0 Å². The Balaban J connectivity index is 1.99. The molecule has 0 fully saturated rings. The summed E-state index contributed by atoms with van der Waals surface area (Å²) in [6.07, 6.45) is 3.23. The average molecular weight is 259 g/mol. The van der Waals surface area contributed by atoms with Crippen molar-refractivity contribution in [3.8, 4) is 0 Å². The lowest BCUT2D eigenvalue weighted by atomic mass is 10.1. The fraction of sp³-hybridized carbons (Fsp3) is 0.214. The molecule has 5 heteroatoms. The van der Waals surface area contributed by atoms with Crippen molar-refractivity contribution < 1.29 is 19.1 Å². The van der Waals surface area contributed by atoms with E-state index in [4.69, 9.17) is 4.74 Å². The zero-order valence-corrected chi connectivity index (χ0v) is 10.5. The van der Waals surface area contributed by atoms with Crippen LogP contribution >= 0.6 is 0 Å². The zero-order chi connectivity index (χ0) is 13.8. The van der Waals surface area contributed by atoms with Crippen molar-refractivity contribution in [1.29, 1.82) is 0 Å². The second kappa shape index (κ2) is 5.48. The SMILES string of the molecule is CC(=O)OC/C=C\CN1C(=O)c2ccccc2C1=O. The molecule has 1 heterocycles. The van der Waals surface area contributed by atoms with E-state index in [-0.39, 0.29) is 30.9 Å². The van der Waals surface area contributed by atoms with Crippen LogP contribution in [0.3, 0.4) is 0 Å². The molecule has 1 aromatic carbocycles. The second-order valence-corrected chi connectivity index (χ2v) is 4.04. The van der Waals surface area contributed by atoms with Crippen molar-refractivity contribution >= 4 is 17.8 Å². The van der Waals surface area contributed by atoms with Gasteiger partial charge in [0.2, 0.25) is 0 Å². The molecule has 0 atom stereocenters. The molecule has 0 radical (unpaired) electrons. The minimum Gasteiger partial charge on any atom is -0.462 e. The molecule has 0 N–H and O–H groups in total. The first kappa shape index (κ1) is 13.0. The summed E-state index contributed by atoms with van der Waals surface area (Å²) in [6, 6.07) is 6.73. The number of carbonyl (C=O) groups is 3. The quantitative estimate of drug-likeness (QED) is 0.466. The Kier molecular flexibility index (Phi) is 3.75. The lowest BCUT2D eigenvalue weighted by molar-refractivity contribution is -0.139. The summed E-state index contributed by atoms with van der Waals surface area (Å²) in [7, 11) is 0. The van der Waals surface area contributed by atoms with Gasteiger partial charge in [-0.2, -0.15) is 0 Å².